The van der Waals surface area contributed by atoms with E-state index in [9.17, 15) is 0 Å². The van der Waals surface area contributed by atoms with Gasteiger partial charge in [-0.1, -0.05) is 0 Å². The minimum atomic E-state index is 0.449. The second kappa shape index (κ2) is 4.41. The molecule has 2 nitrogen and oxygen atoms in total. The van der Waals surface area contributed by atoms with Crippen molar-refractivity contribution in [2.24, 2.45) is 5.92 Å². The standard InChI is InChI=1S/C12H16BrNOS/c1-14-11(12-9(13)4-5-16-12)8-6-7-2-3-10(8)15-7/h4-5,7-8,10-11,14H,2-3,6H2,1H3. The fourth-order valence-electron chi connectivity index (χ4n) is 3.09. The summed E-state index contributed by atoms with van der Waals surface area (Å²) < 4.78 is 7.19. The Kier molecular flexibility index (Phi) is 3.09. The summed E-state index contributed by atoms with van der Waals surface area (Å²) in [6.45, 7) is 0. The van der Waals surface area contributed by atoms with Gasteiger partial charge < -0.3 is 10.1 Å². The molecular weight excluding hydrogens is 286 g/mol. The summed E-state index contributed by atoms with van der Waals surface area (Å²) in [5, 5.41) is 5.62. The van der Waals surface area contributed by atoms with Gasteiger partial charge in [0, 0.05) is 21.3 Å². The minimum Gasteiger partial charge on any atom is -0.375 e. The van der Waals surface area contributed by atoms with Crippen molar-refractivity contribution < 1.29 is 4.74 Å². The Labute approximate surface area is 109 Å². The Morgan fingerprint density at radius 1 is 1.56 bits per heavy atom. The Hall–Kier alpha value is 0.1000. The molecule has 1 N–H and O–H groups in total. The van der Waals surface area contributed by atoms with E-state index in [0.717, 1.165) is 0 Å². The van der Waals surface area contributed by atoms with E-state index in [1.807, 2.05) is 11.3 Å². The highest BCUT2D eigenvalue weighted by Crippen LogP contribution is 2.46. The van der Waals surface area contributed by atoms with Crippen LogP contribution in [0.2, 0.25) is 0 Å². The van der Waals surface area contributed by atoms with Gasteiger partial charge in [-0.3, -0.25) is 0 Å². The first-order chi connectivity index (χ1) is 7.79. The molecule has 0 saturated carbocycles. The lowest BCUT2D eigenvalue weighted by Gasteiger charge is -2.27. The van der Waals surface area contributed by atoms with E-state index < -0.39 is 0 Å². The molecule has 0 aromatic carbocycles. The van der Waals surface area contributed by atoms with Crippen LogP contribution in [0.15, 0.2) is 15.9 Å². The summed E-state index contributed by atoms with van der Waals surface area (Å²) in [5.74, 6) is 0.652. The number of rotatable bonds is 3. The molecule has 0 amide bonds. The predicted molar refractivity (Wildman–Crippen MR) is 69.8 cm³/mol. The topological polar surface area (TPSA) is 21.3 Å². The molecule has 2 saturated heterocycles. The Bertz CT molecular complexity index is 381. The molecule has 2 bridgehead atoms. The van der Waals surface area contributed by atoms with Gasteiger partial charge in [0.2, 0.25) is 0 Å². The van der Waals surface area contributed by atoms with E-state index in [2.05, 4.69) is 39.7 Å². The number of fused-ring (bicyclic) bond motifs is 2. The van der Waals surface area contributed by atoms with Crippen LogP contribution in [0, 0.1) is 5.92 Å². The van der Waals surface area contributed by atoms with Gasteiger partial charge >= 0.3 is 0 Å². The first kappa shape index (κ1) is 11.2. The first-order valence-corrected chi connectivity index (χ1v) is 7.52. The molecule has 1 aromatic rings. The van der Waals surface area contributed by atoms with Crippen molar-refractivity contribution in [2.75, 3.05) is 7.05 Å². The number of nitrogens with one attached hydrogen (secondary N) is 1. The lowest BCUT2D eigenvalue weighted by atomic mass is 9.83. The zero-order valence-electron chi connectivity index (χ0n) is 9.28. The smallest absolute Gasteiger partial charge is 0.0627 e. The van der Waals surface area contributed by atoms with Crippen LogP contribution in [0.3, 0.4) is 0 Å². The SMILES string of the molecule is CNC(c1sccc1Br)C1CC2CCC1O2. The third-order valence-electron chi connectivity index (χ3n) is 3.82. The molecule has 1 aromatic heterocycles. The van der Waals surface area contributed by atoms with Crippen molar-refractivity contribution in [1.29, 1.82) is 0 Å². The zero-order valence-corrected chi connectivity index (χ0v) is 11.7. The second-order valence-electron chi connectivity index (χ2n) is 4.67. The van der Waals surface area contributed by atoms with Crippen LogP contribution < -0.4 is 5.32 Å². The molecule has 0 aliphatic carbocycles. The van der Waals surface area contributed by atoms with Gasteiger partial charge in [-0.25, -0.2) is 0 Å². The third-order valence-corrected chi connectivity index (χ3v) is 5.77. The van der Waals surface area contributed by atoms with Crippen molar-refractivity contribution in [2.45, 2.75) is 37.5 Å². The van der Waals surface area contributed by atoms with Gasteiger partial charge in [-0.05, 0) is 53.7 Å². The van der Waals surface area contributed by atoms with E-state index in [-0.39, 0.29) is 0 Å². The van der Waals surface area contributed by atoms with Crippen LogP contribution in [0.25, 0.3) is 0 Å². The maximum Gasteiger partial charge on any atom is 0.0627 e. The molecule has 3 rings (SSSR count). The normalized spacial score (nSPS) is 34.5. The fraction of sp³-hybridized carbons (Fsp3) is 0.667. The quantitative estimate of drug-likeness (QED) is 0.924. The molecule has 4 unspecified atom stereocenters. The molecule has 0 radical (unpaired) electrons. The summed E-state index contributed by atoms with van der Waals surface area (Å²) in [7, 11) is 2.06. The van der Waals surface area contributed by atoms with Gasteiger partial charge in [0.15, 0.2) is 0 Å². The molecule has 16 heavy (non-hydrogen) atoms. The molecule has 2 aliphatic heterocycles. The molecule has 88 valence electrons. The van der Waals surface area contributed by atoms with Crippen LogP contribution in [0.4, 0.5) is 0 Å². The molecular formula is C12H16BrNOS. The summed E-state index contributed by atoms with van der Waals surface area (Å²) >= 11 is 5.47. The summed E-state index contributed by atoms with van der Waals surface area (Å²) in [6, 6.07) is 2.59. The van der Waals surface area contributed by atoms with E-state index in [1.54, 1.807) is 0 Å². The van der Waals surface area contributed by atoms with E-state index >= 15 is 0 Å². The lowest BCUT2D eigenvalue weighted by molar-refractivity contribution is 0.0865. The van der Waals surface area contributed by atoms with Gasteiger partial charge in [-0.15, -0.1) is 11.3 Å². The van der Waals surface area contributed by atoms with Gasteiger partial charge in [0.1, 0.15) is 0 Å². The molecule has 4 heteroatoms. The van der Waals surface area contributed by atoms with E-state index in [4.69, 9.17) is 4.74 Å². The predicted octanol–water partition coefficient (Wildman–Crippen LogP) is 3.34. The molecule has 3 heterocycles. The van der Waals surface area contributed by atoms with Crippen molar-refractivity contribution in [1.82, 2.24) is 5.32 Å². The number of halogens is 1. The van der Waals surface area contributed by atoms with Crippen LogP contribution in [0.1, 0.15) is 30.2 Å². The Morgan fingerprint density at radius 2 is 2.44 bits per heavy atom. The Morgan fingerprint density at radius 3 is 2.94 bits per heavy atom. The molecule has 0 spiro atoms. The molecule has 2 aliphatic rings. The number of hydrogen-bond acceptors (Lipinski definition) is 3. The van der Waals surface area contributed by atoms with Gasteiger partial charge in [0.25, 0.3) is 0 Å². The highest BCUT2D eigenvalue weighted by molar-refractivity contribution is 9.10. The van der Waals surface area contributed by atoms with Crippen LogP contribution in [-0.2, 0) is 4.74 Å². The van der Waals surface area contributed by atoms with Crippen LogP contribution in [0.5, 0.6) is 0 Å². The maximum absolute atomic E-state index is 5.95. The average molecular weight is 302 g/mol. The highest BCUT2D eigenvalue weighted by Gasteiger charge is 2.44. The van der Waals surface area contributed by atoms with Crippen molar-refractivity contribution in [3.05, 3.63) is 20.8 Å². The van der Waals surface area contributed by atoms with Crippen LogP contribution >= 0.6 is 27.3 Å². The molecule has 2 fully saturated rings. The highest BCUT2D eigenvalue weighted by atomic mass is 79.9. The van der Waals surface area contributed by atoms with Crippen molar-refractivity contribution in [3.63, 3.8) is 0 Å². The zero-order chi connectivity index (χ0) is 11.1. The largest absolute Gasteiger partial charge is 0.375 e. The van der Waals surface area contributed by atoms with Gasteiger partial charge in [-0.2, -0.15) is 0 Å². The fourth-order valence-corrected chi connectivity index (χ4v) is 4.90. The minimum absolute atomic E-state index is 0.449. The number of thiophene rings is 1. The first-order valence-electron chi connectivity index (χ1n) is 5.85. The van der Waals surface area contributed by atoms with Gasteiger partial charge in [0.05, 0.1) is 12.2 Å². The van der Waals surface area contributed by atoms with E-state index in [0.29, 0.717) is 24.2 Å². The number of ether oxygens (including phenoxy) is 1. The summed E-state index contributed by atoms with van der Waals surface area (Å²) in [5.41, 5.74) is 0. The van der Waals surface area contributed by atoms with Crippen LogP contribution in [-0.4, -0.2) is 19.3 Å². The van der Waals surface area contributed by atoms with Crippen molar-refractivity contribution in [3.8, 4) is 0 Å². The third kappa shape index (κ3) is 1.76. The second-order valence-corrected chi connectivity index (χ2v) is 6.47. The van der Waals surface area contributed by atoms with Crippen molar-refractivity contribution >= 4 is 27.3 Å². The van der Waals surface area contributed by atoms with E-state index in [1.165, 1.54) is 28.6 Å². The average Bonchev–Trinajstić information content (AvgIpc) is 2.97. The summed E-state index contributed by atoms with van der Waals surface area (Å²) in [6.07, 6.45) is 4.75. The lowest BCUT2D eigenvalue weighted by Crippen LogP contribution is -2.31. The summed E-state index contributed by atoms with van der Waals surface area (Å²) in [4.78, 5) is 1.42. The monoisotopic (exact) mass is 301 g/mol. The number of hydrogen-bond donors (Lipinski definition) is 1. The Balaban J connectivity index is 1.84. The maximum atomic E-state index is 5.95. The molecule has 4 atom stereocenters.